The zero-order valence-electron chi connectivity index (χ0n) is 8.70. The zero-order chi connectivity index (χ0) is 12.3. The predicted molar refractivity (Wildman–Crippen MR) is 64.0 cm³/mol. The molecule has 0 unspecified atom stereocenters. The van der Waals surface area contributed by atoms with E-state index in [1.54, 1.807) is 12.4 Å². The third-order valence-corrected chi connectivity index (χ3v) is 3.03. The fraction of sp³-hybridized carbons (Fsp3) is 0. The number of aromatic carboxylic acids is 1. The third kappa shape index (κ3) is 2.73. The van der Waals surface area contributed by atoms with Crippen LogP contribution in [0.1, 0.15) is 10.4 Å². The van der Waals surface area contributed by atoms with Gasteiger partial charge in [-0.15, -0.1) is 0 Å². The summed E-state index contributed by atoms with van der Waals surface area (Å²) in [5.74, 6) is -1.04. The molecule has 2 rings (SSSR count). The van der Waals surface area contributed by atoms with Gasteiger partial charge < -0.3 is 10.8 Å². The molecule has 0 amide bonds. The minimum atomic E-state index is -1.04. The molecular weight excluding hydrogens is 238 g/mol. The van der Waals surface area contributed by atoms with Crippen molar-refractivity contribution < 1.29 is 9.90 Å². The molecule has 17 heavy (non-hydrogen) atoms. The number of carboxylic acid groups (broad SMARTS) is 1. The maximum absolute atomic E-state index is 10.7. The van der Waals surface area contributed by atoms with Crippen LogP contribution < -0.4 is 5.73 Å². The van der Waals surface area contributed by atoms with Gasteiger partial charge in [-0.1, -0.05) is 11.8 Å². The van der Waals surface area contributed by atoms with Crippen molar-refractivity contribution >= 4 is 23.4 Å². The summed E-state index contributed by atoms with van der Waals surface area (Å²) in [7, 11) is 0. The normalized spacial score (nSPS) is 10.1. The molecule has 0 aliphatic carbocycles. The molecule has 0 fully saturated rings. The van der Waals surface area contributed by atoms with Crippen molar-refractivity contribution in [1.29, 1.82) is 0 Å². The first kappa shape index (κ1) is 11.4. The average molecular weight is 247 g/mol. The van der Waals surface area contributed by atoms with Crippen LogP contribution in [-0.4, -0.2) is 21.0 Å². The van der Waals surface area contributed by atoms with E-state index in [-0.39, 0.29) is 5.56 Å². The Bertz CT molecular complexity index is 546. The number of aromatic nitrogens is 2. The summed E-state index contributed by atoms with van der Waals surface area (Å²) >= 11 is 1.37. The van der Waals surface area contributed by atoms with Gasteiger partial charge in [0.15, 0.2) is 0 Å². The van der Waals surface area contributed by atoms with E-state index in [1.165, 1.54) is 24.0 Å². The number of rotatable bonds is 3. The van der Waals surface area contributed by atoms with E-state index in [0.717, 1.165) is 4.90 Å². The SMILES string of the molecule is Nc1cc(C(=O)O)cnc1Sc1ccncc1. The molecule has 0 aliphatic heterocycles. The molecule has 0 bridgehead atoms. The smallest absolute Gasteiger partial charge is 0.337 e. The van der Waals surface area contributed by atoms with Crippen LogP contribution >= 0.6 is 11.8 Å². The van der Waals surface area contributed by atoms with E-state index in [4.69, 9.17) is 10.8 Å². The van der Waals surface area contributed by atoms with Gasteiger partial charge in [0, 0.05) is 23.5 Å². The van der Waals surface area contributed by atoms with Gasteiger partial charge in [0.05, 0.1) is 11.3 Å². The number of hydrogen-bond donors (Lipinski definition) is 2. The van der Waals surface area contributed by atoms with Gasteiger partial charge in [0.2, 0.25) is 0 Å². The first-order chi connectivity index (χ1) is 8.16. The Morgan fingerprint density at radius 1 is 1.35 bits per heavy atom. The largest absolute Gasteiger partial charge is 0.478 e. The monoisotopic (exact) mass is 247 g/mol. The highest BCUT2D eigenvalue weighted by atomic mass is 32.2. The van der Waals surface area contributed by atoms with Gasteiger partial charge in [-0.3, -0.25) is 4.98 Å². The molecule has 86 valence electrons. The average Bonchev–Trinajstić information content (AvgIpc) is 2.33. The van der Waals surface area contributed by atoms with E-state index in [2.05, 4.69) is 9.97 Å². The van der Waals surface area contributed by atoms with Gasteiger partial charge in [0.1, 0.15) is 5.03 Å². The summed E-state index contributed by atoms with van der Waals surface area (Å²) in [4.78, 5) is 19.6. The number of pyridine rings is 2. The second-order valence-electron chi connectivity index (χ2n) is 3.21. The molecule has 2 heterocycles. The van der Waals surface area contributed by atoms with Crippen molar-refractivity contribution in [2.75, 3.05) is 5.73 Å². The molecule has 0 radical (unpaired) electrons. The molecular formula is C11H9N3O2S. The van der Waals surface area contributed by atoms with Crippen molar-refractivity contribution in [2.45, 2.75) is 9.92 Å². The second kappa shape index (κ2) is 4.84. The first-order valence-electron chi connectivity index (χ1n) is 4.73. The highest BCUT2D eigenvalue weighted by Gasteiger charge is 2.08. The summed E-state index contributed by atoms with van der Waals surface area (Å²) in [5, 5.41) is 9.36. The fourth-order valence-corrected chi connectivity index (χ4v) is 1.95. The standard InChI is InChI=1S/C11H9N3O2S/c12-9-5-7(11(15)16)6-14-10(9)17-8-1-3-13-4-2-8/h1-6H,12H2,(H,15,16). The lowest BCUT2D eigenvalue weighted by molar-refractivity contribution is 0.0696. The number of nitrogens with two attached hydrogens (primary N) is 1. The minimum Gasteiger partial charge on any atom is -0.478 e. The Morgan fingerprint density at radius 2 is 2.06 bits per heavy atom. The summed E-state index contributed by atoms with van der Waals surface area (Å²) in [5.41, 5.74) is 6.18. The molecule has 0 atom stereocenters. The number of carboxylic acids is 1. The predicted octanol–water partition coefficient (Wildman–Crippen LogP) is 1.91. The Morgan fingerprint density at radius 3 is 2.65 bits per heavy atom. The molecule has 6 heteroatoms. The Labute approximate surface area is 102 Å². The van der Waals surface area contributed by atoms with Crippen LogP contribution in [-0.2, 0) is 0 Å². The summed E-state index contributed by atoms with van der Waals surface area (Å²) in [6, 6.07) is 5.06. The molecule has 0 aliphatic rings. The summed E-state index contributed by atoms with van der Waals surface area (Å²) in [6.07, 6.45) is 4.64. The molecule has 2 aromatic heterocycles. The topological polar surface area (TPSA) is 89.1 Å². The number of carbonyl (C=O) groups is 1. The number of nitrogens with zero attached hydrogens (tertiary/aromatic N) is 2. The van der Waals surface area contributed by atoms with E-state index < -0.39 is 5.97 Å². The number of hydrogen-bond acceptors (Lipinski definition) is 5. The first-order valence-corrected chi connectivity index (χ1v) is 5.55. The molecule has 5 nitrogen and oxygen atoms in total. The maximum Gasteiger partial charge on any atom is 0.337 e. The zero-order valence-corrected chi connectivity index (χ0v) is 9.52. The van der Waals surface area contributed by atoms with Gasteiger partial charge >= 0.3 is 5.97 Å². The molecule has 0 spiro atoms. The Hall–Kier alpha value is -2.08. The third-order valence-electron chi connectivity index (χ3n) is 1.99. The Balaban J connectivity index is 2.26. The van der Waals surface area contributed by atoms with Crippen molar-refractivity contribution in [3.8, 4) is 0 Å². The van der Waals surface area contributed by atoms with Crippen LogP contribution in [0.4, 0.5) is 5.69 Å². The maximum atomic E-state index is 10.7. The van der Waals surface area contributed by atoms with E-state index in [1.807, 2.05) is 12.1 Å². The van der Waals surface area contributed by atoms with Crippen molar-refractivity contribution in [2.24, 2.45) is 0 Å². The van der Waals surface area contributed by atoms with Crippen molar-refractivity contribution in [1.82, 2.24) is 9.97 Å². The van der Waals surface area contributed by atoms with E-state index in [0.29, 0.717) is 10.7 Å². The van der Waals surface area contributed by atoms with Gasteiger partial charge in [-0.2, -0.15) is 0 Å². The van der Waals surface area contributed by atoms with E-state index >= 15 is 0 Å². The van der Waals surface area contributed by atoms with Crippen molar-refractivity contribution in [3.63, 3.8) is 0 Å². The van der Waals surface area contributed by atoms with Crippen LogP contribution in [0.3, 0.4) is 0 Å². The van der Waals surface area contributed by atoms with Crippen LogP contribution in [0.25, 0.3) is 0 Å². The molecule has 0 saturated carbocycles. The van der Waals surface area contributed by atoms with Crippen LogP contribution in [0.5, 0.6) is 0 Å². The van der Waals surface area contributed by atoms with Crippen LogP contribution in [0, 0.1) is 0 Å². The summed E-state index contributed by atoms with van der Waals surface area (Å²) < 4.78 is 0. The lowest BCUT2D eigenvalue weighted by atomic mass is 10.3. The molecule has 3 N–H and O–H groups in total. The molecule has 0 aromatic carbocycles. The molecule has 2 aromatic rings. The quantitative estimate of drug-likeness (QED) is 0.861. The van der Waals surface area contributed by atoms with Gasteiger partial charge in [-0.25, -0.2) is 9.78 Å². The number of anilines is 1. The number of nitrogen functional groups attached to an aromatic ring is 1. The fourth-order valence-electron chi connectivity index (χ4n) is 1.19. The molecule has 0 saturated heterocycles. The van der Waals surface area contributed by atoms with Gasteiger partial charge in [-0.05, 0) is 18.2 Å². The van der Waals surface area contributed by atoms with E-state index in [9.17, 15) is 4.79 Å². The highest BCUT2D eigenvalue weighted by molar-refractivity contribution is 7.99. The minimum absolute atomic E-state index is 0.0848. The summed E-state index contributed by atoms with van der Waals surface area (Å²) in [6.45, 7) is 0. The highest BCUT2D eigenvalue weighted by Crippen LogP contribution is 2.29. The van der Waals surface area contributed by atoms with Crippen LogP contribution in [0.15, 0.2) is 46.7 Å². The van der Waals surface area contributed by atoms with Gasteiger partial charge in [0.25, 0.3) is 0 Å². The Kier molecular flexibility index (Phi) is 3.24. The lowest BCUT2D eigenvalue weighted by Crippen LogP contribution is -2.00. The lowest BCUT2D eigenvalue weighted by Gasteiger charge is -2.04. The second-order valence-corrected chi connectivity index (χ2v) is 4.27. The van der Waals surface area contributed by atoms with Crippen molar-refractivity contribution in [3.05, 3.63) is 42.4 Å². The van der Waals surface area contributed by atoms with Crippen LogP contribution in [0.2, 0.25) is 0 Å².